The monoisotopic (exact) mass is 352 g/mol. The van der Waals surface area contributed by atoms with E-state index in [1.54, 1.807) is 0 Å². The summed E-state index contributed by atoms with van der Waals surface area (Å²) in [6.45, 7) is -0.627. The third-order valence-corrected chi connectivity index (χ3v) is 2.73. The highest BCUT2D eigenvalue weighted by Gasteiger charge is 2.37. The molecule has 1 aromatic rings. The van der Waals surface area contributed by atoms with Gasteiger partial charge < -0.3 is 5.73 Å². The van der Waals surface area contributed by atoms with Crippen molar-refractivity contribution in [2.45, 2.75) is 19.1 Å². The summed E-state index contributed by atoms with van der Waals surface area (Å²) >= 11 is 1.50. The first kappa shape index (κ1) is 13.6. The molecule has 0 aliphatic carbocycles. The van der Waals surface area contributed by atoms with Crippen molar-refractivity contribution >= 4 is 22.6 Å². The van der Waals surface area contributed by atoms with Gasteiger partial charge in [0.25, 0.3) is 6.43 Å². The zero-order valence-electron chi connectivity index (χ0n) is 7.65. The molecule has 0 fully saturated rings. The molecule has 0 saturated heterocycles. The molecule has 0 unspecified atom stereocenters. The molecule has 8 heteroatoms. The van der Waals surface area contributed by atoms with E-state index >= 15 is 0 Å². The number of nitrogens with zero attached hydrogens (tertiary/aromatic N) is 1. The predicted molar refractivity (Wildman–Crippen MR) is 54.8 cm³/mol. The zero-order chi connectivity index (χ0) is 12.5. The fourth-order valence-electron chi connectivity index (χ4n) is 1.23. The van der Waals surface area contributed by atoms with E-state index in [-0.39, 0.29) is 3.57 Å². The van der Waals surface area contributed by atoms with E-state index in [0.717, 1.165) is 6.20 Å². The van der Waals surface area contributed by atoms with E-state index < -0.39 is 36.0 Å². The smallest absolute Gasteiger partial charge is 0.326 e. The number of halogens is 6. The van der Waals surface area contributed by atoms with Crippen LogP contribution in [0, 0.1) is 3.57 Å². The van der Waals surface area contributed by atoms with Gasteiger partial charge in [0, 0.05) is 27.4 Å². The summed E-state index contributed by atoms with van der Waals surface area (Å²) in [6.07, 6.45) is -7.01. The van der Waals surface area contributed by atoms with Gasteiger partial charge in [0.2, 0.25) is 0 Å². The lowest BCUT2D eigenvalue weighted by atomic mass is 10.1. The number of hydrogen-bond donors (Lipinski definition) is 1. The first-order valence-corrected chi connectivity index (χ1v) is 5.09. The predicted octanol–water partition coefficient (Wildman–Crippen LogP) is 3.10. The highest BCUT2D eigenvalue weighted by molar-refractivity contribution is 14.1. The topological polar surface area (TPSA) is 38.9 Å². The Morgan fingerprint density at radius 1 is 1.38 bits per heavy atom. The molecule has 0 amide bonds. The van der Waals surface area contributed by atoms with Crippen LogP contribution in [0.5, 0.6) is 0 Å². The standard InChI is InChI=1S/C8H6F5IN2/c9-7(10)5-3(1-15)6(8(11,12)13)16-2-4(5)14/h2,7H,1,15H2. The first-order valence-electron chi connectivity index (χ1n) is 4.01. The third-order valence-electron chi connectivity index (χ3n) is 1.87. The van der Waals surface area contributed by atoms with Crippen LogP contribution in [-0.4, -0.2) is 4.98 Å². The van der Waals surface area contributed by atoms with E-state index in [2.05, 4.69) is 4.98 Å². The van der Waals surface area contributed by atoms with Gasteiger partial charge in [0.15, 0.2) is 0 Å². The zero-order valence-corrected chi connectivity index (χ0v) is 9.81. The molecule has 1 heterocycles. The van der Waals surface area contributed by atoms with Crippen LogP contribution in [0.3, 0.4) is 0 Å². The molecule has 0 bridgehead atoms. The van der Waals surface area contributed by atoms with Gasteiger partial charge in [0.1, 0.15) is 5.69 Å². The molecule has 2 N–H and O–H groups in total. The van der Waals surface area contributed by atoms with Crippen molar-refractivity contribution in [3.63, 3.8) is 0 Å². The maximum absolute atomic E-state index is 12.6. The first-order chi connectivity index (χ1) is 7.29. The molecule has 0 aliphatic heterocycles. The Kier molecular flexibility index (Phi) is 4.05. The summed E-state index contributed by atoms with van der Waals surface area (Å²) in [5.41, 5.74) is 2.40. The molecular weight excluding hydrogens is 346 g/mol. The fourth-order valence-corrected chi connectivity index (χ4v) is 1.93. The lowest BCUT2D eigenvalue weighted by molar-refractivity contribution is -0.142. The van der Waals surface area contributed by atoms with E-state index in [1.165, 1.54) is 22.6 Å². The molecule has 0 aromatic carbocycles. The van der Waals surface area contributed by atoms with E-state index in [0.29, 0.717) is 0 Å². The minimum Gasteiger partial charge on any atom is -0.326 e. The molecule has 0 spiro atoms. The average Bonchev–Trinajstić information content (AvgIpc) is 2.14. The number of hydrogen-bond acceptors (Lipinski definition) is 2. The number of pyridine rings is 1. The summed E-state index contributed by atoms with van der Waals surface area (Å²) in [5.74, 6) is 0. The van der Waals surface area contributed by atoms with E-state index in [4.69, 9.17) is 5.73 Å². The minimum absolute atomic E-state index is 0.0268. The van der Waals surface area contributed by atoms with Gasteiger partial charge >= 0.3 is 6.18 Å². The van der Waals surface area contributed by atoms with Gasteiger partial charge in [-0.3, -0.25) is 4.98 Å². The van der Waals surface area contributed by atoms with Crippen LogP contribution >= 0.6 is 22.6 Å². The quantitative estimate of drug-likeness (QED) is 0.656. The Morgan fingerprint density at radius 3 is 2.31 bits per heavy atom. The number of alkyl halides is 5. The Labute approximate surface area is 101 Å². The maximum atomic E-state index is 12.6. The van der Waals surface area contributed by atoms with E-state index in [1.807, 2.05) is 0 Å². The van der Waals surface area contributed by atoms with Crippen molar-refractivity contribution in [1.29, 1.82) is 0 Å². The van der Waals surface area contributed by atoms with Crippen molar-refractivity contribution in [3.05, 3.63) is 26.6 Å². The second-order valence-electron chi connectivity index (χ2n) is 2.85. The van der Waals surface area contributed by atoms with Crippen molar-refractivity contribution in [2.75, 3.05) is 0 Å². The van der Waals surface area contributed by atoms with Crippen molar-refractivity contribution < 1.29 is 22.0 Å². The van der Waals surface area contributed by atoms with Gasteiger partial charge in [0.05, 0.1) is 0 Å². The maximum Gasteiger partial charge on any atom is 0.433 e. The summed E-state index contributed by atoms with van der Waals surface area (Å²) in [5, 5.41) is 0. The Hall–Kier alpha value is -0.510. The molecule has 0 aliphatic rings. The molecule has 2 nitrogen and oxygen atoms in total. The summed E-state index contributed by atoms with van der Waals surface area (Å²) in [6, 6.07) is 0. The van der Waals surface area contributed by atoms with Crippen LogP contribution in [0.2, 0.25) is 0 Å². The molecule has 0 radical (unpaired) electrons. The molecule has 0 atom stereocenters. The van der Waals surface area contributed by atoms with Gasteiger partial charge in [-0.15, -0.1) is 0 Å². The summed E-state index contributed by atoms with van der Waals surface area (Å²) in [7, 11) is 0. The van der Waals surface area contributed by atoms with Crippen LogP contribution in [-0.2, 0) is 12.7 Å². The van der Waals surface area contributed by atoms with Crippen molar-refractivity contribution in [2.24, 2.45) is 5.73 Å². The third kappa shape index (κ3) is 2.59. The van der Waals surface area contributed by atoms with Gasteiger partial charge in [-0.05, 0) is 22.6 Å². The Balaban J connectivity index is 3.49. The number of rotatable bonds is 2. The van der Waals surface area contributed by atoms with Crippen molar-refractivity contribution in [3.8, 4) is 0 Å². The number of aromatic nitrogens is 1. The van der Waals surface area contributed by atoms with Crippen LogP contribution < -0.4 is 5.73 Å². The lowest BCUT2D eigenvalue weighted by Crippen LogP contribution is -2.17. The highest BCUT2D eigenvalue weighted by Crippen LogP contribution is 2.36. The normalized spacial score (nSPS) is 12.2. The van der Waals surface area contributed by atoms with Gasteiger partial charge in [-0.1, -0.05) is 0 Å². The second-order valence-corrected chi connectivity index (χ2v) is 4.01. The largest absolute Gasteiger partial charge is 0.433 e. The van der Waals surface area contributed by atoms with Gasteiger partial charge in [-0.2, -0.15) is 13.2 Å². The molecular formula is C8H6F5IN2. The minimum atomic E-state index is -4.78. The van der Waals surface area contributed by atoms with Crippen LogP contribution in [0.25, 0.3) is 0 Å². The number of nitrogens with two attached hydrogens (primary N) is 1. The van der Waals surface area contributed by atoms with Crippen LogP contribution in [0.4, 0.5) is 22.0 Å². The van der Waals surface area contributed by atoms with Crippen LogP contribution in [0.15, 0.2) is 6.20 Å². The molecule has 1 rings (SSSR count). The molecule has 0 saturated carbocycles. The average molecular weight is 352 g/mol. The summed E-state index contributed by atoms with van der Waals surface area (Å²) in [4.78, 5) is 3.12. The Bertz CT molecular complexity index is 391. The molecule has 1 aromatic heterocycles. The molecule has 90 valence electrons. The Morgan fingerprint density at radius 2 is 1.94 bits per heavy atom. The summed E-state index contributed by atoms with van der Waals surface area (Å²) < 4.78 is 62.5. The fraction of sp³-hybridized carbons (Fsp3) is 0.375. The van der Waals surface area contributed by atoms with Gasteiger partial charge in [-0.25, -0.2) is 8.78 Å². The second kappa shape index (κ2) is 4.78. The highest BCUT2D eigenvalue weighted by atomic mass is 127. The SMILES string of the molecule is NCc1c(C(F)(F)F)ncc(I)c1C(F)F. The van der Waals surface area contributed by atoms with E-state index in [9.17, 15) is 22.0 Å². The van der Waals surface area contributed by atoms with Crippen LogP contribution in [0.1, 0.15) is 23.2 Å². The lowest BCUT2D eigenvalue weighted by Gasteiger charge is -2.15. The van der Waals surface area contributed by atoms with Crippen molar-refractivity contribution in [1.82, 2.24) is 4.98 Å². The molecule has 16 heavy (non-hydrogen) atoms.